The molecule has 120 valence electrons. The fourth-order valence-corrected chi connectivity index (χ4v) is 2.85. The molecule has 0 bridgehead atoms. The zero-order chi connectivity index (χ0) is 15.6. The van der Waals surface area contributed by atoms with Crippen LogP contribution in [0.3, 0.4) is 0 Å². The van der Waals surface area contributed by atoms with Crippen LogP contribution in [0.25, 0.3) is 6.08 Å². The fourth-order valence-electron chi connectivity index (χ4n) is 2.85. The molecular formula is C18H27N3O. The maximum atomic E-state index is 11.7. The molecule has 1 aromatic heterocycles. The van der Waals surface area contributed by atoms with Crippen LogP contribution in [0.2, 0.25) is 0 Å². The predicted molar refractivity (Wildman–Crippen MR) is 90.4 cm³/mol. The highest BCUT2D eigenvalue weighted by Crippen LogP contribution is 2.16. The van der Waals surface area contributed by atoms with Crippen molar-refractivity contribution in [1.82, 2.24) is 15.2 Å². The van der Waals surface area contributed by atoms with Crippen molar-refractivity contribution in [2.75, 3.05) is 19.6 Å². The maximum absolute atomic E-state index is 11.7. The largest absolute Gasteiger partial charge is 0.353 e. The summed E-state index contributed by atoms with van der Waals surface area (Å²) in [5, 5.41) is 2.94. The number of unbranched alkanes of at least 4 members (excludes halogenated alkanes) is 1. The quantitative estimate of drug-likeness (QED) is 0.622. The first-order valence-electron chi connectivity index (χ1n) is 8.36. The summed E-state index contributed by atoms with van der Waals surface area (Å²) in [6.07, 6.45) is 13.1. The van der Waals surface area contributed by atoms with Crippen LogP contribution >= 0.6 is 0 Å². The van der Waals surface area contributed by atoms with E-state index in [0.717, 1.165) is 37.5 Å². The normalized spacial score (nSPS) is 19.4. The lowest BCUT2D eigenvalue weighted by Gasteiger charge is -2.33. The summed E-state index contributed by atoms with van der Waals surface area (Å²) in [6.45, 7) is 5.47. The molecule has 2 heterocycles. The first-order chi connectivity index (χ1) is 10.8. The minimum absolute atomic E-state index is 0.0249. The summed E-state index contributed by atoms with van der Waals surface area (Å²) >= 11 is 0. The lowest BCUT2D eigenvalue weighted by atomic mass is 10.0. The fraction of sp³-hybridized carbons (Fsp3) is 0.556. The number of rotatable bonds is 7. The third-order valence-electron chi connectivity index (χ3n) is 4.25. The van der Waals surface area contributed by atoms with E-state index in [1.807, 2.05) is 18.2 Å². The Bertz CT molecular complexity index is 472. The third-order valence-corrected chi connectivity index (χ3v) is 4.25. The Morgan fingerprint density at radius 3 is 2.95 bits per heavy atom. The number of amides is 1. The van der Waals surface area contributed by atoms with Gasteiger partial charge >= 0.3 is 0 Å². The van der Waals surface area contributed by atoms with E-state index in [9.17, 15) is 4.79 Å². The smallest absolute Gasteiger partial charge is 0.243 e. The van der Waals surface area contributed by atoms with E-state index in [1.165, 1.54) is 25.8 Å². The molecule has 1 fully saturated rings. The summed E-state index contributed by atoms with van der Waals surface area (Å²) in [6, 6.07) is 4.49. The van der Waals surface area contributed by atoms with E-state index >= 15 is 0 Å². The molecule has 1 aromatic rings. The molecule has 1 aliphatic heterocycles. The van der Waals surface area contributed by atoms with Crippen LogP contribution < -0.4 is 5.32 Å². The van der Waals surface area contributed by atoms with E-state index in [-0.39, 0.29) is 5.91 Å². The van der Waals surface area contributed by atoms with Crippen molar-refractivity contribution in [3.8, 4) is 0 Å². The number of hydrogen-bond donors (Lipinski definition) is 1. The Kier molecular flexibility index (Phi) is 7.10. The van der Waals surface area contributed by atoms with Gasteiger partial charge in [0.05, 0.1) is 0 Å². The molecule has 4 heteroatoms. The van der Waals surface area contributed by atoms with Crippen LogP contribution in [0.15, 0.2) is 30.6 Å². The van der Waals surface area contributed by atoms with E-state index in [4.69, 9.17) is 0 Å². The maximum Gasteiger partial charge on any atom is 0.243 e. The van der Waals surface area contributed by atoms with E-state index in [2.05, 4.69) is 22.1 Å². The molecule has 0 spiro atoms. The number of likely N-dealkylation sites (tertiary alicyclic amines) is 1. The average Bonchev–Trinajstić information content (AvgIpc) is 2.55. The van der Waals surface area contributed by atoms with Crippen molar-refractivity contribution < 1.29 is 4.79 Å². The molecule has 1 saturated heterocycles. The van der Waals surface area contributed by atoms with Crippen LogP contribution in [-0.2, 0) is 4.79 Å². The van der Waals surface area contributed by atoms with Gasteiger partial charge in [0.25, 0.3) is 0 Å². The van der Waals surface area contributed by atoms with Gasteiger partial charge in [0.2, 0.25) is 5.91 Å². The lowest BCUT2D eigenvalue weighted by Crippen LogP contribution is -2.38. The molecule has 0 radical (unpaired) electrons. The van der Waals surface area contributed by atoms with Crippen molar-refractivity contribution >= 4 is 12.0 Å². The zero-order valence-corrected chi connectivity index (χ0v) is 13.5. The van der Waals surface area contributed by atoms with Crippen molar-refractivity contribution in [2.24, 2.45) is 0 Å². The molecule has 0 aliphatic carbocycles. The van der Waals surface area contributed by atoms with Crippen LogP contribution in [0.5, 0.6) is 0 Å². The first-order valence-corrected chi connectivity index (χ1v) is 8.36. The number of pyridine rings is 1. The van der Waals surface area contributed by atoms with Crippen LogP contribution in [-0.4, -0.2) is 41.5 Å². The van der Waals surface area contributed by atoms with Crippen molar-refractivity contribution in [3.05, 3.63) is 36.2 Å². The molecule has 0 aromatic carbocycles. The van der Waals surface area contributed by atoms with Gasteiger partial charge in [-0.3, -0.25) is 9.78 Å². The van der Waals surface area contributed by atoms with Crippen molar-refractivity contribution in [2.45, 2.75) is 45.1 Å². The average molecular weight is 301 g/mol. The topological polar surface area (TPSA) is 45.2 Å². The first kappa shape index (κ1) is 16.7. The Morgan fingerprint density at radius 1 is 1.36 bits per heavy atom. The lowest BCUT2D eigenvalue weighted by molar-refractivity contribution is -0.116. The number of carbonyl (C=O) groups excluding carboxylic acids is 1. The molecule has 1 unspecified atom stereocenters. The highest BCUT2D eigenvalue weighted by Gasteiger charge is 2.16. The molecule has 1 aliphatic rings. The summed E-state index contributed by atoms with van der Waals surface area (Å²) in [5.41, 5.74) is 0.990. The number of carbonyl (C=O) groups is 1. The number of nitrogens with one attached hydrogen (secondary N) is 1. The van der Waals surface area contributed by atoms with E-state index < -0.39 is 0 Å². The summed E-state index contributed by atoms with van der Waals surface area (Å²) in [7, 11) is 0. The Morgan fingerprint density at radius 2 is 2.18 bits per heavy atom. The number of piperidine rings is 1. The highest BCUT2D eigenvalue weighted by atomic mass is 16.1. The number of aromatic nitrogens is 1. The zero-order valence-electron chi connectivity index (χ0n) is 13.5. The third kappa shape index (κ3) is 5.98. The van der Waals surface area contributed by atoms with Gasteiger partial charge in [0.1, 0.15) is 0 Å². The monoisotopic (exact) mass is 301 g/mol. The minimum atomic E-state index is -0.0249. The second-order valence-electron chi connectivity index (χ2n) is 5.99. The predicted octanol–water partition coefficient (Wildman–Crippen LogP) is 2.87. The molecule has 0 saturated carbocycles. The summed E-state index contributed by atoms with van der Waals surface area (Å²) in [4.78, 5) is 18.2. The minimum Gasteiger partial charge on any atom is -0.353 e. The van der Waals surface area contributed by atoms with Crippen LogP contribution in [0.4, 0.5) is 0 Å². The highest BCUT2D eigenvalue weighted by molar-refractivity contribution is 5.91. The standard InChI is InChI=1S/C18H27N3O/c1-16-6-2-4-14-21(16)15-5-3-11-20-18(22)8-7-17-9-12-19-13-10-17/h7-10,12-13,16H,2-6,11,14-15H2,1H3,(H,20,22)/b8-7+. The second-order valence-corrected chi connectivity index (χ2v) is 5.99. The Hall–Kier alpha value is -1.68. The van der Waals surface area contributed by atoms with Gasteiger partial charge in [-0.2, -0.15) is 0 Å². The summed E-state index contributed by atoms with van der Waals surface area (Å²) in [5.74, 6) is -0.0249. The molecule has 2 rings (SSSR count). The van der Waals surface area contributed by atoms with Crippen LogP contribution in [0, 0.1) is 0 Å². The van der Waals surface area contributed by atoms with Crippen molar-refractivity contribution in [3.63, 3.8) is 0 Å². The van der Waals surface area contributed by atoms with Gasteiger partial charge in [0, 0.05) is 31.1 Å². The van der Waals surface area contributed by atoms with Gasteiger partial charge in [0.15, 0.2) is 0 Å². The van der Waals surface area contributed by atoms with Crippen molar-refractivity contribution in [1.29, 1.82) is 0 Å². The molecule has 1 atom stereocenters. The Balaban J connectivity index is 1.56. The van der Waals surface area contributed by atoms with Gasteiger partial charge in [-0.15, -0.1) is 0 Å². The summed E-state index contributed by atoms with van der Waals surface area (Å²) < 4.78 is 0. The number of hydrogen-bond acceptors (Lipinski definition) is 3. The SMILES string of the molecule is CC1CCCCN1CCCCNC(=O)/C=C/c1ccncc1. The van der Waals surface area contributed by atoms with Gasteiger partial charge in [-0.1, -0.05) is 6.42 Å². The van der Waals surface area contributed by atoms with Gasteiger partial charge in [-0.25, -0.2) is 0 Å². The molecule has 1 N–H and O–H groups in total. The molecular weight excluding hydrogens is 274 g/mol. The second kappa shape index (κ2) is 9.36. The van der Waals surface area contributed by atoms with E-state index in [0.29, 0.717) is 0 Å². The number of nitrogens with zero attached hydrogens (tertiary/aromatic N) is 2. The molecule has 22 heavy (non-hydrogen) atoms. The van der Waals surface area contributed by atoms with Gasteiger partial charge < -0.3 is 10.2 Å². The van der Waals surface area contributed by atoms with E-state index in [1.54, 1.807) is 18.5 Å². The molecule has 1 amide bonds. The Labute approximate surface area is 133 Å². The van der Waals surface area contributed by atoms with Crippen LogP contribution in [0.1, 0.15) is 44.6 Å². The van der Waals surface area contributed by atoms with Gasteiger partial charge in [-0.05, 0) is 69.5 Å². The molecule has 4 nitrogen and oxygen atoms in total.